The maximum atomic E-state index is 12.5. The second kappa shape index (κ2) is 6.99. The van der Waals surface area contributed by atoms with Crippen LogP contribution in [-0.4, -0.2) is 29.5 Å². The van der Waals surface area contributed by atoms with Crippen molar-refractivity contribution in [3.8, 4) is 0 Å². The van der Waals surface area contributed by atoms with Gasteiger partial charge in [-0.1, -0.05) is 6.92 Å². The maximum absolute atomic E-state index is 12.5. The van der Waals surface area contributed by atoms with Gasteiger partial charge in [-0.2, -0.15) is 0 Å². The van der Waals surface area contributed by atoms with E-state index in [2.05, 4.69) is 17.2 Å². The SMILES string of the molecule is CCOC(=O)c1[nH]c(C)c(C(=O)NC2CCC(C)CC2)c1C. The van der Waals surface area contributed by atoms with Crippen molar-refractivity contribution in [2.45, 2.75) is 59.4 Å². The molecular weight excluding hydrogens is 280 g/mol. The summed E-state index contributed by atoms with van der Waals surface area (Å²) in [5.74, 6) is 0.245. The second-order valence-corrected chi connectivity index (χ2v) is 6.28. The van der Waals surface area contributed by atoms with Crippen molar-refractivity contribution < 1.29 is 14.3 Å². The molecule has 1 aliphatic rings. The van der Waals surface area contributed by atoms with Crippen LogP contribution in [0.15, 0.2) is 0 Å². The van der Waals surface area contributed by atoms with Crippen LogP contribution in [-0.2, 0) is 4.74 Å². The number of ether oxygens (including phenoxy) is 1. The van der Waals surface area contributed by atoms with Gasteiger partial charge in [0.15, 0.2) is 0 Å². The third kappa shape index (κ3) is 3.51. The van der Waals surface area contributed by atoms with Crippen LogP contribution in [0.25, 0.3) is 0 Å². The number of amides is 1. The standard InChI is InChI=1S/C17H26N2O3/c1-5-22-17(21)15-11(3)14(12(4)18-15)16(20)19-13-8-6-10(2)7-9-13/h10,13,18H,5-9H2,1-4H3,(H,19,20). The molecule has 2 N–H and O–H groups in total. The zero-order valence-corrected chi connectivity index (χ0v) is 13.9. The Morgan fingerprint density at radius 2 is 1.86 bits per heavy atom. The molecule has 0 bridgehead atoms. The first-order valence-electron chi connectivity index (χ1n) is 8.11. The van der Waals surface area contributed by atoms with Crippen molar-refractivity contribution in [1.29, 1.82) is 0 Å². The second-order valence-electron chi connectivity index (χ2n) is 6.28. The van der Waals surface area contributed by atoms with Crippen LogP contribution in [0, 0.1) is 19.8 Å². The van der Waals surface area contributed by atoms with Crippen LogP contribution < -0.4 is 5.32 Å². The first-order chi connectivity index (χ1) is 10.4. The normalized spacial score (nSPS) is 21.5. The van der Waals surface area contributed by atoms with Crippen molar-refractivity contribution in [2.75, 3.05) is 6.61 Å². The van der Waals surface area contributed by atoms with Crippen molar-refractivity contribution in [3.05, 3.63) is 22.5 Å². The van der Waals surface area contributed by atoms with E-state index in [0.29, 0.717) is 29.1 Å². The van der Waals surface area contributed by atoms with Gasteiger partial charge in [-0.15, -0.1) is 0 Å². The Labute approximate surface area is 131 Å². The maximum Gasteiger partial charge on any atom is 0.355 e. The van der Waals surface area contributed by atoms with E-state index in [-0.39, 0.29) is 11.9 Å². The molecular formula is C17H26N2O3. The largest absolute Gasteiger partial charge is 0.461 e. The minimum atomic E-state index is -0.409. The topological polar surface area (TPSA) is 71.2 Å². The Balaban J connectivity index is 2.11. The number of H-pyrrole nitrogens is 1. The highest BCUT2D eigenvalue weighted by molar-refractivity contribution is 6.01. The van der Waals surface area contributed by atoms with E-state index in [1.165, 1.54) is 0 Å². The Kier molecular flexibility index (Phi) is 5.27. The first kappa shape index (κ1) is 16.6. The molecule has 1 aromatic heterocycles. The number of carbonyl (C=O) groups is 2. The molecule has 0 aromatic carbocycles. The number of nitrogens with one attached hydrogen (secondary N) is 2. The molecule has 1 saturated carbocycles. The number of aryl methyl sites for hydroxylation is 1. The summed E-state index contributed by atoms with van der Waals surface area (Å²) in [7, 11) is 0. The summed E-state index contributed by atoms with van der Waals surface area (Å²) in [5, 5.41) is 3.11. The van der Waals surface area contributed by atoms with Crippen molar-refractivity contribution >= 4 is 11.9 Å². The molecule has 1 aromatic rings. The molecule has 0 unspecified atom stereocenters. The Morgan fingerprint density at radius 3 is 2.45 bits per heavy atom. The summed E-state index contributed by atoms with van der Waals surface area (Å²) in [6.07, 6.45) is 4.37. The zero-order chi connectivity index (χ0) is 16.3. The van der Waals surface area contributed by atoms with Crippen LogP contribution in [0.1, 0.15) is 71.6 Å². The molecule has 0 saturated heterocycles. The summed E-state index contributed by atoms with van der Waals surface area (Å²) in [6, 6.07) is 0.239. The quantitative estimate of drug-likeness (QED) is 0.840. The molecule has 22 heavy (non-hydrogen) atoms. The van der Waals surface area contributed by atoms with Crippen molar-refractivity contribution in [1.82, 2.24) is 10.3 Å². The highest BCUT2D eigenvalue weighted by Gasteiger charge is 2.25. The average Bonchev–Trinajstić information content (AvgIpc) is 2.77. The molecule has 0 radical (unpaired) electrons. The lowest BCUT2D eigenvalue weighted by molar-refractivity contribution is 0.0519. The van der Waals surface area contributed by atoms with Gasteiger partial charge >= 0.3 is 5.97 Å². The van der Waals surface area contributed by atoms with Crippen LogP contribution in [0.2, 0.25) is 0 Å². The molecule has 1 amide bonds. The van der Waals surface area contributed by atoms with E-state index >= 15 is 0 Å². The van der Waals surface area contributed by atoms with E-state index in [1.54, 1.807) is 13.8 Å². The van der Waals surface area contributed by atoms with Crippen molar-refractivity contribution in [3.63, 3.8) is 0 Å². The lowest BCUT2D eigenvalue weighted by Gasteiger charge is -2.27. The van der Waals surface area contributed by atoms with E-state index < -0.39 is 5.97 Å². The van der Waals surface area contributed by atoms with E-state index in [1.807, 2.05) is 6.92 Å². The van der Waals surface area contributed by atoms with Gasteiger partial charge in [-0.3, -0.25) is 4.79 Å². The lowest BCUT2D eigenvalue weighted by atomic mass is 9.87. The van der Waals surface area contributed by atoms with Crippen LogP contribution in [0.5, 0.6) is 0 Å². The fourth-order valence-electron chi connectivity index (χ4n) is 3.16. The van der Waals surface area contributed by atoms with E-state index in [4.69, 9.17) is 4.74 Å². The number of hydrogen-bond donors (Lipinski definition) is 2. The molecule has 0 atom stereocenters. The minimum absolute atomic E-state index is 0.0960. The molecule has 1 aliphatic carbocycles. The summed E-state index contributed by atoms with van der Waals surface area (Å²) < 4.78 is 5.02. The van der Waals surface area contributed by atoms with Gasteiger partial charge in [0.1, 0.15) is 5.69 Å². The molecule has 1 heterocycles. The number of aromatic amines is 1. The average molecular weight is 306 g/mol. The predicted octanol–water partition coefficient (Wildman–Crippen LogP) is 3.12. The van der Waals surface area contributed by atoms with Gasteiger partial charge < -0.3 is 15.0 Å². The summed E-state index contributed by atoms with van der Waals surface area (Å²) in [5.41, 5.74) is 2.32. The highest BCUT2D eigenvalue weighted by atomic mass is 16.5. The Bertz CT molecular complexity index is 554. The molecule has 122 valence electrons. The lowest BCUT2D eigenvalue weighted by Crippen LogP contribution is -2.37. The number of esters is 1. The summed E-state index contributed by atoms with van der Waals surface area (Å²) in [6.45, 7) is 7.93. The highest BCUT2D eigenvalue weighted by Crippen LogP contribution is 2.25. The van der Waals surface area contributed by atoms with Gasteiger partial charge in [0, 0.05) is 11.7 Å². The summed E-state index contributed by atoms with van der Waals surface area (Å²) >= 11 is 0. The van der Waals surface area contributed by atoms with Gasteiger partial charge in [0.2, 0.25) is 0 Å². The number of rotatable bonds is 4. The third-order valence-corrected chi connectivity index (χ3v) is 4.50. The molecule has 0 spiro atoms. The monoisotopic (exact) mass is 306 g/mol. The Hall–Kier alpha value is -1.78. The van der Waals surface area contributed by atoms with Crippen molar-refractivity contribution in [2.24, 2.45) is 5.92 Å². The minimum Gasteiger partial charge on any atom is -0.461 e. The third-order valence-electron chi connectivity index (χ3n) is 4.50. The fraction of sp³-hybridized carbons (Fsp3) is 0.647. The van der Waals surface area contributed by atoms with Gasteiger partial charge in [-0.05, 0) is 57.9 Å². The molecule has 1 fully saturated rings. The van der Waals surface area contributed by atoms with Crippen LogP contribution in [0.4, 0.5) is 0 Å². The van der Waals surface area contributed by atoms with E-state index in [0.717, 1.165) is 31.6 Å². The van der Waals surface area contributed by atoms with Gasteiger partial charge in [0.05, 0.1) is 12.2 Å². The smallest absolute Gasteiger partial charge is 0.355 e. The van der Waals surface area contributed by atoms with Gasteiger partial charge in [0.25, 0.3) is 5.91 Å². The first-order valence-corrected chi connectivity index (χ1v) is 8.11. The Morgan fingerprint density at radius 1 is 1.23 bits per heavy atom. The van der Waals surface area contributed by atoms with Crippen LogP contribution in [0.3, 0.4) is 0 Å². The number of carbonyl (C=O) groups excluding carboxylic acids is 2. The number of aromatic nitrogens is 1. The molecule has 5 heteroatoms. The molecule has 0 aliphatic heterocycles. The summed E-state index contributed by atoms with van der Waals surface area (Å²) in [4.78, 5) is 27.4. The zero-order valence-electron chi connectivity index (χ0n) is 13.9. The molecule has 5 nitrogen and oxygen atoms in total. The fourth-order valence-corrected chi connectivity index (χ4v) is 3.16. The molecule has 2 rings (SSSR count). The van der Waals surface area contributed by atoms with Gasteiger partial charge in [-0.25, -0.2) is 4.79 Å². The predicted molar refractivity (Wildman–Crippen MR) is 85.1 cm³/mol. The van der Waals surface area contributed by atoms with Crippen LogP contribution >= 0.6 is 0 Å². The number of hydrogen-bond acceptors (Lipinski definition) is 3. The van der Waals surface area contributed by atoms with E-state index in [9.17, 15) is 9.59 Å².